The molecule has 0 saturated carbocycles. The van der Waals surface area contributed by atoms with Crippen molar-refractivity contribution in [3.8, 4) is 5.82 Å². The van der Waals surface area contributed by atoms with Crippen LogP contribution in [-0.4, -0.2) is 76.4 Å². The van der Waals surface area contributed by atoms with Gasteiger partial charge in [0, 0.05) is 38.9 Å². The number of hydrogen-bond donors (Lipinski definition) is 1. The van der Waals surface area contributed by atoms with Gasteiger partial charge in [0.05, 0.1) is 35.7 Å². The van der Waals surface area contributed by atoms with Crippen LogP contribution in [0.1, 0.15) is 45.3 Å². The van der Waals surface area contributed by atoms with Crippen molar-refractivity contribution in [3.63, 3.8) is 0 Å². The predicted octanol–water partition coefficient (Wildman–Crippen LogP) is 4.53. The number of alkyl carbamates (subject to hydrolysis) is 1. The Hall–Kier alpha value is -4.00. The fourth-order valence-electron chi connectivity index (χ4n) is 6.01. The second-order valence-electron chi connectivity index (χ2n) is 10.9. The van der Waals surface area contributed by atoms with Crippen LogP contribution in [0.3, 0.4) is 0 Å². The average Bonchev–Trinajstić information content (AvgIpc) is 3.61. The lowest BCUT2D eigenvalue weighted by Crippen LogP contribution is -2.35. The second-order valence-corrected chi connectivity index (χ2v) is 10.9. The van der Waals surface area contributed by atoms with Gasteiger partial charge in [0.25, 0.3) is 5.91 Å². The van der Waals surface area contributed by atoms with E-state index < -0.39 is 23.9 Å². The van der Waals surface area contributed by atoms with Crippen LogP contribution in [0.4, 0.5) is 22.4 Å². The van der Waals surface area contributed by atoms with Crippen molar-refractivity contribution < 1.29 is 31.9 Å². The number of hydrogen-bond acceptors (Lipinski definition) is 6. The van der Waals surface area contributed by atoms with E-state index in [4.69, 9.17) is 4.74 Å². The van der Waals surface area contributed by atoms with Crippen LogP contribution >= 0.6 is 0 Å². The highest BCUT2D eigenvalue weighted by Gasteiger charge is 2.42. The molecule has 0 spiro atoms. The van der Waals surface area contributed by atoms with Crippen molar-refractivity contribution in [1.82, 2.24) is 29.9 Å². The predicted molar refractivity (Wildman–Crippen MR) is 144 cm³/mol. The van der Waals surface area contributed by atoms with Gasteiger partial charge in [-0.3, -0.25) is 4.79 Å². The first-order valence-corrected chi connectivity index (χ1v) is 13.7. The Morgan fingerprint density at radius 3 is 2.40 bits per heavy atom. The second kappa shape index (κ2) is 11.7. The molecule has 3 aromatic rings. The van der Waals surface area contributed by atoms with E-state index in [-0.39, 0.29) is 29.4 Å². The first-order valence-electron chi connectivity index (χ1n) is 13.7. The summed E-state index contributed by atoms with van der Waals surface area (Å²) in [6, 6.07) is 7.91. The molecule has 2 aliphatic heterocycles. The van der Waals surface area contributed by atoms with Crippen LogP contribution in [0, 0.1) is 31.5 Å². The van der Waals surface area contributed by atoms with Crippen LogP contribution in [0.5, 0.6) is 0 Å². The maximum Gasteiger partial charge on any atom is 0.417 e. The molecule has 3 atom stereocenters. The number of methoxy groups -OCH3 is 1. The summed E-state index contributed by atoms with van der Waals surface area (Å²) in [5, 5.41) is 7.19. The zero-order valence-electron chi connectivity index (χ0n) is 23.5. The lowest BCUT2D eigenvalue weighted by Gasteiger charge is -2.24. The van der Waals surface area contributed by atoms with Crippen LogP contribution < -0.4 is 5.32 Å². The number of carbonyl (C=O) groups is 2. The van der Waals surface area contributed by atoms with E-state index in [1.165, 1.54) is 30.0 Å². The van der Waals surface area contributed by atoms with Crippen molar-refractivity contribution in [2.24, 2.45) is 11.8 Å². The van der Waals surface area contributed by atoms with Gasteiger partial charge in [-0.05, 0) is 61.9 Å². The summed E-state index contributed by atoms with van der Waals surface area (Å²) < 4.78 is 58.8. The Kier molecular flexibility index (Phi) is 8.22. The fraction of sp³-hybridized carbons (Fsp3) is 0.448. The van der Waals surface area contributed by atoms with E-state index in [9.17, 15) is 27.2 Å². The molecule has 0 radical (unpaired) electrons. The largest absolute Gasteiger partial charge is 0.453 e. The Morgan fingerprint density at radius 1 is 1.10 bits per heavy atom. The number of rotatable bonds is 7. The zero-order valence-corrected chi connectivity index (χ0v) is 23.5. The van der Waals surface area contributed by atoms with Crippen LogP contribution in [0.15, 0.2) is 42.6 Å². The number of alkyl halides is 3. The van der Waals surface area contributed by atoms with Gasteiger partial charge in [-0.25, -0.2) is 18.9 Å². The smallest absolute Gasteiger partial charge is 0.417 e. The van der Waals surface area contributed by atoms with Gasteiger partial charge >= 0.3 is 12.3 Å². The normalized spacial score (nSPS) is 19.5. The molecule has 0 bridgehead atoms. The molecule has 5 rings (SSSR count). The number of amides is 2. The summed E-state index contributed by atoms with van der Waals surface area (Å²) in [7, 11) is 1.28. The number of carbonyl (C=O) groups excluding carboxylic acids is 2. The van der Waals surface area contributed by atoms with Gasteiger partial charge < -0.3 is 19.9 Å². The van der Waals surface area contributed by atoms with Crippen LogP contribution in [0.25, 0.3) is 5.82 Å². The molecule has 2 aromatic heterocycles. The lowest BCUT2D eigenvalue weighted by molar-refractivity contribution is -0.137. The summed E-state index contributed by atoms with van der Waals surface area (Å²) in [5.41, 5.74) is 1.24. The number of nitrogens with zero attached hydrogens (tertiary/aromatic N) is 5. The molecule has 2 fully saturated rings. The number of pyridine rings is 1. The number of nitrogens with one attached hydrogen (secondary N) is 1. The van der Waals surface area contributed by atoms with Crippen molar-refractivity contribution in [2.45, 2.75) is 32.5 Å². The van der Waals surface area contributed by atoms with Gasteiger partial charge in [-0.2, -0.15) is 18.3 Å². The highest BCUT2D eigenvalue weighted by atomic mass is 19.4. The molecule has 2 saturated heterocycles. The molecule has 4 heterocycles. The van der Waals surface area contributed by atoms with E-state index >= 15 is 0 Å². The van der Waals surface area contributed by atoms with Crippen molar-refractivity contribution in [1.29, 1.82) is 0 Å². The molecule has 42 heavy (non-hydrogen) atoms. The molecule has 1 N–H and O–H groups in total. The highest BCUT2D eigenvalue weighted by molar-refractivity contribution is 5.96. The first-order chi connectivity index (χ1) is 19.9. The van der Waals surface area contributed by atoms with Gasteiger partial charge in [0.2, 0.25) is 0 Å². The van der Waals surface area contributed by atoms with E-state index in [1.54, 1.807) is 26.0 Å². The zero-order chi connectivity index (χ0) is 30.2. The van der Waals surface area contributed by atoms with E-state index in [1.807, 2.05) is 4.90 Å². The standard InChI is InChI=1S/C29H32F4N6O3/c1-17-26(18(2)39(36-17)25-8-7-22(12-34-25)29(31,32)33)27(40)38-15-20-13-37(14-21(20)16-38)10-9-24(35-28(41)42-3)19-5-4-6-23(30)11-19/h4-8,11-12,20-21,24H,9-10,13-16H2,1-3H3,(H,35,41). The van der Waals surface area contributed by atoms with Crippen LogP contribution in [0.2, 0.25) is 0 Å². The van der Waals surface area contributed by atoms with Gasteiger partial charge in [-0.15, -0.1) is 0 Å². The molecule has 9 nitrogen and oxygen atoms in total. The molecular formula is C29H32F4N6O3. The minimum atomic E-state index is -4.49. The molecule has 13 heteroatoms. The minimum Gasteiger partial charge on any atom is -0.453 e. The molecule has 2 aliphatic rings. The number of ether oxygens (including phenoxy) is 1. The number of aryl methyl sites for hydroxylation is 1. The van der Waals surface area contributed by atoms with Crippen molar-refractivity contribution in [3.05, 3.63) is 76.5 Å². The summed E-state index contributed by atoms with van der Waals surface area (Å²) in [5.74, 6) is 0.230. The fourth-order valence-corrected chi connectivity index (χ4v) is 6.01. The maximum atomic E-state index is 13.8. The molecule has 0 aliphatic carbocycles. The monoisotopic (exact) mass is 588 g/mol. The summed E-state index contributed by atoms with van der Waals surface area (Å²) in [6.07, 6.45) is -3.75. The van der Waals surface area contributed by atoms with Crippen molar-refractivity contribution in [2.75, 3.05) is 39.8 Å². The Balaban J connectivity index is 1.21. The van der Waals surface area contributed by atoms with E-state index in [0.717, 1.165) is 25.4 Å². The third kappa shape index (κ3) is 6.10. The highest BCUT2D eigenvalue weighted by Crippen LogP contribution is 2.34. The third-order valence-electron chi connectivity index (χ3n) is 8.11. The summed E-state index contributed by atoms with van der Waals surface area (Å²) in [6.45, 7) is 6.83. The van der Waals surface area contributed by atoms with Gasteiger partial charge in [0.15, 0.2) is 5.82 Å². The number of fused-ring (bicyclic) bond motifs is 1. The average molecular weight is 589 g/mol. The Labute approximate surface area is 240 Å². The lowest BCUT2D eigenvalue weighted by atomic mass is 10.0. The molecular weight excluding hydrogens is 556 g/mol. The van der Waals surface area contributed by atoms with E-state index in [0.29, 0.717) is 48.6 Å². The molecule has 2 amide bonds. The number of likely N-dealkylation sites (tertiary alicyclic amines) is 2. The SMILES string of the molecule is COC(=O)NC(CCN1CC2CN(C(=O)c3c(C)nn(-c4ccc(C(F)(F)F)cn4)c3C)CC2C1)c1cccc(F)c1. The first kappa shape index (κ1) is 29.5. The Bertz CT molecular complexity index is 1440. The minimum absolute atomic E-state index is 0.155. The number of halogens is 4. The molecule has 1 aromatic carbocycles. The van der Waals surface area contributed by atoms with Gasteiger partial charge in [0.1, 0.15) is 5.82 Å². The Morgan fingerprint density at radius 2 is 1.81 bits per heavy atom. The number of aromatic nitrogens is 3. The van der Waals surface area contributed by atoms with E-state index in [2.05, 4.69) is 20.3 Å². The molecule has 3 unspecified atom stereocenters. The number of benzene rings is 1. The third-order valence-corrected chi connectivity index (χ3v) is 8.11. The topological polar surface area (TPSA) is 92.6 Å². The van der Waals surface area contributed by atoms with Gasteiger partial charge in [-0.1, -0.05) is 12.1 Å². The van der Waals surface area contributed by atoms with Crippen LogP contribution in [-0.2, 0) is 10.9 Å². The molecule has 224 valence electrons. The van der Waals surface area contributed by atoms with Crippen molar-refractivity contribution >= 4 is 12.0 Å². The maximum absolute atomic E-state index is 13.8. The quantitative estimate of drug-likeness (QED) is 0.408. The summed E-state index contributed by atoms with van der Waals surface area (Å²) >= 11 is 0. The summed E-state index contributed by atoms with van der Waals surface area (Å²) in [4.78, 5) is 33.5.